The lowest BCUT2D eigenvalue weighted by atomic mass is 10.2. The average molecular weight is 246 g/mol. The number of carbonyl (C=O) groups is 1. The van der Waals surface area contributed by atoms with Crippen molar-refractivity contribution < 1.29 is 14.6 Å². The summed E-state index contributed by atoms with van der Waals surface area (Å²) < 4.78 is 5.07. The second kappa shape index (κ2) is 8.31. The molecule has 1 unspecified atom stereocenters. The van der Waals surface area contributed by atoms with Gasteiger partial charge in [0.25, 0.3) is 0 Å². The van der Waals surface area contributed by atoms with Gasteiger partial charge < -0.3 is 15.2 Å². The molecule has 0 saturated heterocycles. The summed E-state index contributed by atoms with van der Waals surface area (Å²) >= 11 is 0. The van der Waals surface area contributed by atoms with E-state index in [4.69, 9.17) is 4.74 Å². The SMILES string of the molecule is CCCCNC(O)CCNC(=O)OC(C)(C)C. The number of nitrogens with one attached hydrogen (secondary N) is 2. The summed E-state index contributed by atoms with van der Waals surface area (Å²) in [5.41, 5.74) is -0.484. The fourth-order valence-electron chi connectivity index (χ4n) is 1.17. The lowest BCUT2D eigenvalue weighted by molar-refractivity contribution is 0.0513. The van der Waals surface area contributed by atoms with Crippen LogP contribution in [0, 0.1) is 0 Å². The van der Waals surface area contributed by atoms with E-state index in [1.807, 2.05) is 20.8 Å². The molecule has 0 aliphatic carbocycles. The summed E-state index contributed by atoms with van der Waals surface area (Å²) in [5.74, 6) is 0. The van der Waals surface area contributed by atoms with Crippen LogP contribution in [0.3, 0.4) is 0 Å². The molecule has 5 nitrogen and oxygen atoms in total. The van der Waals surface area contributed by atoms with Crippen LogP contribution in [-0.4, -0.2) is 36.1 Å². The number of ether oxygens (including phenoxy) is 1. The molecule has 0 radical (unpaired) electrons. The zero-order chi connectivity index (χ0) is 13.3. The van der Waals surface area contributed by atoms with E-state index in [-0.39, 0.29) is 0 Å². The van der Waals surface area contributed by atoms with E-state index in [2.05, 4.69) is 17.6 Å². The molecule has 0 rings (SSSR count). The predicted molar refractivity (Wildman–Crippen MR) is 67.8 cm³/mol. The van der Waals surface area contributed by atoms with Crippen LogP contribution in [0.4, 0.5) is 4.79 Å². The Morgan fingerprint density at radius 2 is 2.00 bits per heavy atom. The molecule has 0 spiro atoms. The maximum absolute atomic E-state index is 11.3. The largest absolute Gasteiger partial charge is 0.444 e. The van der Waals surface area contributed by atoms with Crippen molar-refractivity contribution in [1.82, 2.24) is 10.6 Å². The van der Waals surface area contributed by atoms with Gasteiger partial charge in [0.15, 0.2) is 0 Å². The van der Waals surface area contributed by atoms with Crippen molar-refractivity contribution in [1.29, 1.82) is 0 Å². The monoisotopic (exact) mass is 246 g/mol. The molecule has 0 saturated carbocycles. The highest BCUT2D eigenvalue weighted by molar-refractivity contribution is 5.67. The van der Waals surface area contributed by atoms with Gasteiger partial charge in [0, 0.05) is 13.0 Å². The molecule has 0 aliphatic rings. The van der Waals surface area contributed by atoms with Gasteiger partial charge in [0.2, 0.25) is 0 Å². The van der Waals surface area contributed by atoms with Crippen LogP contribution in [0.1, 0.15) is 47.0 Å². The smallest absolute Gasteiger partial charge is 0.407 e. The third-order valence-corrected chi connectivity index (χ3v) is 2.00. The maximum Gasteiger partial charge on any atom is 0.407 e. The van der Waals surface area contributed by atoms with Crippen molar-refractivity contribution in [3.63, 3.8) is 0 Å². The third kappa shape index (κ3) is 11.5. The van der Waals surface area contributed by atoms with Crippen LogP contribution in [-0.2, 0) is 4.74 Å². The zero-order valence-electron chi connectivity index (χ0n) is 11.4. The van der Waals surface area contributed by atoms with Gasteiger partial charge in [-0.15, -0.1) is 0 Å². The van der Waals surface area contributed by atoms with Crippen molar-refractivity contribution in [3.05, 3.63) is 0 Å². The quantitative estimate of drug-likeness (QED) is 0.471. The summed E-state index contributed by atoms with van der Waals surface area (Å²) in [6.07, 6.45) is 1.59. The number of unbranched alkanes of at least 4 members (excludes halogenated alkanes) is 1. The Morgan fingerprint density at radius 1 is 1.35 bits per heavy atom. The van der Waals surface area contributed by atoms with Gasteiger partial charge in [-0.05, 0) is 33.7 Å². The standard InChI is InChI=1S/C12H26N2O3/c1-5-6-8-13-10(15)7-9-14-11(16)17-12(2,3)4/h10,13,15H,5-9H2,1-4H3,(H,14,16). The van der Waals surface area contributed by atoms with Gasteiger partial charge in [0.05, 0.1) is 0 Å². The highest BCUT2D eigenvalue weighted by Crippen LogP contribution is 2.06. The van der Waals surface area contributed by atoms with Gasteiger partial charge in [-0.1, -0.05) is 13.3 Å². The molecule has 3 N–H and O–H groups in total. The lowest BCUT2D eigenvalue weighted by Gasteiger charge is -2.20. The maximum atomic E-state index is 11.3. The van der Waals surface area contributed by atoms with E-state index in [9.17, 15) is 9.90 Å². The first-order valence-electron chi connectivity index (χ1n) is 6.23. The van der Waals surface area contributed by atoms with E-state index in [1.165, 1.54) is 0 Å². The van der Waals surface area contributed by atoms with E-state index < -0.39 is 17.9 Å². The molecule has 0 aromatic heterocycles. The van der Waals surface area contributed by atoms with Crippen molar-refractivity contribution in [2.24, 2.45) is 0 Å². The molecule has 5 heteroatoms. The number of rotatable bonds is 7. The first-order chi connectivity index (χ1) is 7.85. The molecule has 0 aromatic carbocycles. The van der Waals surface area contributed by atoms with Crippen molar-refractivity contribution in [3.8, 4) is 0 Å². The number of hydrogen-bond donors (Lipinski definition) is 3. The number of carbonyl (C=O) groups excluding carboxylic acids is 1. The Bertz CT molecular complexity index is 214. The molecule has 0 aromatic rings. The first-order valence-corrected chi connectivity index (χ1v) is 6.23. The van der Waals surface area contributed by atoms with Crippen molar-refractivity contribution in [2.75, 3.05) is 13.1 Å². The zero-order valence-corrected chi connectivity index (χ0v) is 11.4. The first kappa shape index (κ1) is 16.2. The van der Waals surface area contributed by atoms with Gasteiger partial charge in [-0.25, -0.2) is 4.79 Å². The summed E-state index contributed by atoms with van der Waals surface area (Å²) in [6, 6.07) is 0. The van der Waals surface area contributed by atoms with Gasteiger partial charge >= 0.3 is 6.09 Å². The Labute approximate surface area is 104 Å². The molecular weight excluding hydrogens is 220 g/mol. The number of amides is 1. The molecule has 1 amide bonds. The highest BCUT2D eigenvalue weighted by Gasteiger charge is 2.15. The summed E-state index contributed by atoms with van der Waals surface area (Å²) in [7, 11) is 0. The number of aliphatic hydroxyl groups is 1. The minimum atomic E-state index is -0.573. The molecule has 0 fully saturated rings. The van der Waals surface area contributed by atoms with E-state index in [1.54, 1.807) is 0 Å². The lowest BCUT2D eigenvalue weighted by Crippen LogP contribution is -2.37. The summed E-state index contributed by atoms with van der Waals surface area (Å²) in [4.78, 5) is 11.3. The normalized spacial score (nSPS) is 13.2. The van der Waals surface area contributed by atoms with Gasteiger partial charge in [-0.3, -0.25) is 5.32 Å². The Kier molecular flexibility index (Phi) is 7.91. The average Bonchev–Trinajstić information content (AvgIpc) is 2.15. The number of hydrogen-bond acceptors (Lipinski definition) is 4. The minimum absolute atomic E-state index is 0.398. The molecule has 0 aliphatic heterocycles. The Balaban J connectivity index is 3.52. The highest BCUT2D eigenvalue weighted by atomic mass is 16.6. The van der Waals surface area contributed by atoms with Crippen LogP contribution in [0.5, 0.6) is 0 Å². The molecule has 0 bridgehead atoms. The fraction of sp³-hybridized carbons (Fsp3) is 0.917. The molecule has 17 heavy (non-hydrogen) atoms. The molecule has 1 atom stereocenters. The Hall–Kier alpha value is -0.810. The van der Waals surface area contributed by atoms with Crippen molar-refractivity contribution >= 4 is 6.09 Å². The van der Waals surface area contributed by atoms with E-state index >= 15 is 0 Å². The second-order valence-electron chi connectivity index (χ2n) is 5.04. The predicted octanol–water partition coefficient (Wildman–Crippen LogP) is 1.61. The minimum Gasteiger partial charge on any atom is -0.444 e. The Morgan fingerprint density at radius 3 is 2.53 bits per heavy atom. The van der Waals surface area contributed by atoms with Crippen molar-refractivity contribution in [2.45, 2.75) is 58.8 Å². The van der Waals surface area contributed by atoms with Crippen LogP contribution in [0.2, 0.25) is 0 Å². The van der Waals surface area contributed by atoms with Crippen LogP contribution in [0.25, 0.3) is 0 Å². The molecular formula is C12H26N2O3. The van der Waals surface area contributed by atoms with Crippen LogP contribution in [0.15, 0.2) is 0 Å². The number of alkyl carbamates (subject to hydrolysis) is 1. The second-order valence-corrected chi connectivity index (χ2v) is 5.04. The van der Waals surface area contributed by atoms with Gasteiger partial charge in [0.1, 0.15) is 11.8 Å². The topological polar surface area (TPSA) is 70.6 Å². The summed E-state index contributed by atoms with van der Waals surface area (Å²) in [6.45, 7) is 8.73. The number of aliphatic hydroxyl groups excluding tert-OH is 1. The van der Waals surface area contributed by atoms with Crippen LogP contribution < -0.4 is 10.6 Å². The molecule has 0 heterocycles. The van der Waals surface area contributed by atoms with E-state index in [0.29, 0.717) is 13.0 Å². The third-order valence-electron chi connectivity index (χ3n) is 2.00. The van der Waals surface area contributed by atoms with Crippen LogP contribution >= 0.6 is 0 Å². The van der Waals surface area contributed by atoms with Gasteiger partial charge in [-0.2, -0.15) is 0 Å². The fourth-order valence-corrected chi connectivity index (χ4v) is 1.17. The molecule has 102 valence electrons. The van der Waals surface area contributed by atoms with E-state index in [0.717, 1.165) is 19.4 Å². The summed E-state index contributed by atoms with van der Waals surface area (Å²) in [5, 5.41) is 15.1.